The molecule has 0 bridgehead atoms. The first kappa shape index (κ1) is 30.8. The first-order valence-electron chi connectivity index (χ1n) is 13.9. The van der Waals surface area contributed by atoms with Gasteiger partial charge in [0.1, 0.15) is 40.4 Å². The van der Waals surface area contributed by atoms with Crippen LogP contribution in [0.2, 0.25) is 0 Å². The number of alkyl halides is 2. The quantitative estimate of drug-likeness (QED) is 0.116. The van der Waals surface area contributed by atoms with Crippen LogP contribution in [0.1, 0.15) is 37.3 Å². The first-order valence-corrected chi connectivity index (χ1v) is 13.9. The average molecular weight is 610 g/mol. The molecule has 0 N–H and O–H groups in total. The molecule has 0 aliphatic carbocycles. The fourth-order valence-electron chi connectivity index (χ4n) is 4.86. The summed E-state index contributed by atoms with van der Waals surface area (Å²) in [6.07, 6.45) is 0.970. The Morgan fingerprint density at radius 2 is 1.25 bits per heavy atom. The lowest BCUT2D eigenvalue weighted by Gasteiger charge is -2.20. The van der Waals surface area contributed by atoms with Crippen molar-refractivity contribution in [3.05, 3.63) is 131 Å². The summed E-state index contributed by atoms with van der Waals surface area (Å²) in [6, 6.07) is 16.5. The number of halogens is 7. The second kappa shape index (κ2) is 12.9. The Labute approximate surface area is 249 Å². The molecule has 0 spiro atoms. The highest BCUT2D eigenvalue weighted by Gasteiger charge is 2.41. The highest BCUT2D eigenvalue weighted by Crippen LogP contribution is 2.38. The highest BCUT2D eigenvalue weighted by molar-refractivity contribution is 5.71. The van der Waals surface area contributed by atoms with E-state index in [1.54, 1.807) is 18.3 Å². The number of ether oxygens (including phenoxy) is 1. The molecule has 226 valence electrons. The van der Waals surface area contributed by atoms with Crippen LogP contribution in [0, 0.1) is 29.1 Å². The Morgan fingerprint density at radius 3 is 1.86 bits per heavy atom. The van der Waals surface area contributed by atoms with Gasteiger partial charge in [0.15, 0.2) is 0 Å². The van der Waals surface area contributed by atoms with Gasteiger partial charge in [-0.25, -0.2) is 22.0 Å². The van der Waals surface area contributed by atoms with Gasteiger partial charge in [-0.1, -0.05) is 50.1 Å². The van der Waals surface area contributed by atoms with Gasteiger partial charge in [-0.3, -0.25) is 4.98 Å². The van der Waals surface area contributed by atoms with Crippen molar-refractivity contribution in [3.8, 4) is 39.3 Å². The van der Waals surface area contributed by atoms with E-state index in [4.69, 9.17) is 0 Å². The van der Waals surface area contributed by atoms with Gasteiger partial charge < -0.3 is 4.74 Å². The first-order chi connectivity index (χ1) is 21.1. The van der Waals surface area contributed by atoms with E-state index in [1.165, 1.54) is 36.4 Å². The predicted molar refractivity (Wildman–Crippen MR) is 155 cm³/mol. The zero-order valence-electron chi connectivity index (χ0n) is 23.5. The maximum atomic E-state index is 15.0. The summed E-state index contributed by atoms with van der Waals surface area (Å²) < 4.78 is 107. The van der Waals surface area contributed by atoms with Crippen molar-refractivity contribution < 1.29 is 35.5 Å². The summed E-state index contributed by atoms with van der Waals surface area (Å²) in [5.41, 5.74) is 0.00602. The molecule has 0 saturated heterocycles. The second-order valence-electron chi connectivity index (χ2n) is 10.3. The minimum Gasteiger partial charge on any atom is -0.429 e. The van der Waals surface area contributed by atoms with Crippen LogP contribution in [-0.4, -0.2) is 4.98 Å². The number of hydrogen-bond acceptors (Lipinski definition) is 2. The highest BCUT2D eigenvalue weighted by atomic mass is 19.3. The Morgan fingerprint density at radius 1 is 0.636 bits per heavy atom. The van der Waals surface area contributed by atoms with Gasteiger partial charge in [0.2, 0.25) is 0 Å². The molecule has 0 radical (unpaired) electrons. The van der Waals surface area contributed by atoms with E-state index in [2.05, 4.69) is 16.6 Å². The van der Waals surface area contributed by atoms with Gasteiger partial charge in [-0.15, -0.1) is 0 Å². The minimum absolute atomic E-state index is 0.0345. The Balaban J connectivity index is 1.34. The topological polar surface area (TPSA) is 22.1 Å². The van der Waals surface area contributed by atoms with Gasteiger partial charge in [-0.05, 0) is 78.1 Å². The molecule has 0 atom stereocenters. The minimum atomic E-state index is -4.50. The van der Waals surface area contributed by atoms with Crippen LogP contribution in [0.15, 0.2) is 91.1 Å². The fraction of sp³-hybridized carbons (Fsp3) is 0.171. The molecule has 1 aromatic heterocycles. The Kier molecular flexibility index (Phi) is 9.04. The molecule has 0 aliphatic rings. The number of nitrogens with zero attached hydrogens (tertiary/aromatic N) is 1. The Hall–Kier alpha value is -4.66. The molecule has 0 saturated carbocycles. The summed E-state index contributed by atoms with van der Waals surface area (Å²) in [6.45, 7) is 2.08. The van der Waals surface area contributed by atoms with Gasteiger partial charge in [-0.2, -0.15) is 8.78 Å². The van der Waals surface area contributed by atoms with Gasteiger partial charge in [0.05, 0.1) is 5.69 Å². The van der Waals surface area contributed by atoms with Gasteiger partial charge in [0.25, 0.3) is 0 Å². The Bertz CT molecular complexity index is 1750. The van der Waals surface area contributed by atoms with Crippen molar-refractivity contribution in [2.75, 3.05) is 0 Å². The smallest absolute Gasteiger partial charge is 0.429 e. The van der Waals surface area contributed by atoms with Crippen LogP contribution in [-0.2, 0) is 12.5 Å². The van der Waals surface area contributed by atoms with Crippen LogP contribution < -0.4 is 4.74 Å². The van der Waals surface area contributed by atoms with Crippen LogP contribution in [0.5, 0.6) is 5.75 Å². The van der Waals surface area contributed by atoms with Crippen molar-refractivity contribution in [1.29, 1.82) is 0 Å². The molecule has 0 amide bonds. The summed E-state index contributed by atoms with van der Waals surface area (Å²) in [5.74, 6) is -6.07. The molecule has 44 heavy (non-hydrogen) atoms. The van der Waals surface area contributed by atoms with Crippen LogP contribution in [0.25, 0.3) is 33.5 Å². The predicted octanol–water partition coefficient (Wildman–Crippen LogP) is 10.6. The summed E-state index contributed by atoms with van der Waals surface area (Å²) in [4.78, 5) is 4.21. The van der Waals surface area contributed by atoms with Gasteiger partial charge >= 0.3 is 6.11 Å². The van der Waals surface area contributed by atoms with Crippen LogP contribution in [0.4, 0.5) is 30.7 Å². The average Bonchev–Trinajstić information content (AvgIpc) is 2.97. The number of pyridine rings is 1. The number of rotatable bonds is 10. The number of aromatic nitrogens is 1. The SMILES string of the molecule is CCCCCc1ccc(-c2cc(F)c(C(F)(F)Oc3ccc(-c4ccc(-c5ccc(F)cc5)c(F)c4)c(F)c3)c(F)c2)nc1. The third kappa shape index (κ3) is 6.77. The third-order valence-corrected chi connectivity index (χ3v) is 7.14. The molecular weight excluding hydrogens is 583 g/mol. The maximum absolute atomic E-state index is 15.0. The van der Waals surface area contributed by atoms with E-state index >= 15 is 8.78 Å². The molecule has 0 unspecified atom stereocenters. The number of hydrogen-bond donors (Lipinski definition) is 0. The normalized spacial score (nSPS) is 11.5. The standard InChI is InChI=1S/C35H26F7NO/c1-2-3-4-5-21-6-15-33(43-20-21)24-17-31(39)34(32(40)18-24)35(41,42)44-26-12-14-28(30(38)19-26)23-9-13-27(29(37)16-23)22-7-10-25(36)11-8-22/h6-20H,2-5H2,1H3. The van der Waals surface area contributed by atoms with E-state index in [9.17, 15) is 22.0 Å². The van der Waals surface area contributed by atoms with Crippen molar-refractivity contribution in [3.63, 3.8) is 0 Å². The molecular formula is C35H26F7NO. The van der Waals surface area contributed by atoms with E-state index in [0.717, 1.165) is 61.6 Å². The third-order valence-electron chi connectivity index (χ3n) is 7.14. The monoisotopic (exact) mass is 609 g/mol. The maximum Gasteiger partial charge on any atom is 0.432 e. The fourth-order valence-corrected chi connectivity index (χ4v) is 4.86. The molecule has 5 rings (SSSR count). The number of benzene rings is 4. The largest absolute Gasteiger partial charge is 0.432 e. The summed E-state index contributed by atoms with van der Waals surface area (Å²) in [5, 5.41) is 0. The molecule has 4 aromatic carbocycles. The van der Waals surface area contributed by atoms with E-state index < -0.39 is 46.5 Å². The molecule has 0 aliphatic heterocycles. The number of unbranched alkanes of at least 4 members (excludes halogenated alkanes) is 2. The van der Waals surface area contributed by atoms with E-state index in [-0.39, 0.29) is 27.9 Å². The van der Waals surface area contributed by atoms with Gasteiger partial charge in [0, 0.05) is 29.0 Å². The van der Waals surface area contributed by atoms with Crippen molar-refractivity contribution in [1.82, 2.24) is 4.98 Å². The lowest BCUT2D eigenvalue weighted by atomic mass is 9.99. The molecule has 1 heterocycles. The van der Waals surface area contributed by atoms with Crippen molar-refractivity contribution >= 4 is 0 Å². The summed E-state index contributed by atoms with van der Waals surface area (Å²) in [7, 11) is 0. The summed E-state index contributed by atoms with van der Waals surface area (Å²) >= 11 is 0. The van der Waals surface area contributed by atoms with E-state index in [0.29, 0.717) is 11.6 Å². The van der Waals surface area contributed by atoms with Crippen LogP contribution in [0.3, 0.4) is 0 Å². The molecule has 0 fully saturated rings. The number of aryl methyl sites for hydroxylation is 1. The molecule has 2 nitrogen and oxygen atoms in total. The molecule has 9 heteroatoms. The van der Waals surface area contributed by atoms with Crippen molar-refractivity contribution in [2.45, 2.75) is 38.7 Å². The lowest BCUT2D eigenvalue weighted by Crippen LogP contribution is -2.25. The van der Waals surface area contributed by atoms with Crippen LogP contribution >= 0.6 is 0 Å². The molecule has 5 aromatic rings. The lowest BCUT2D eigenvalue weighted by molar-refractivity contribution is -0.189. The zero-order chi connectivity index (χ0) is 31.4. The van der Waals surface area contributed by atoms with Crippen molar-refractivity contribution in [2.24, 2.45) is 0 Å². The second-order valence-corrected chi connectivity index (χ2v) is 10.3. The zero-order valence-corrected chi connectivity index (χ0v) is 23.5. The van der Waals surface area contributed by atoms with E-state index in [1.807, 2.05) is 0 Å².